The number of hydrogen-bond donors (Lipinski definition) is 1. The topological polar surface area (TPSA) is 101 Å². The molecule has 0 aromatic heterocycles. The number of fused-ring (bicyclic) bond motifs is 3. The van der Waals surface area contributed by atoms with Crippen molar-refractivity contribution < 1.29 is 33.1 Å². The number of esters is 1. The summed E-state index contributed by atoms with van der Waals surface area (Å²) in [7, 11) is 1.43. The molecule has 0 atom stereocenters. The highest BCUT2D eigenvalue weighted by molar-refractivity contribution is 5.98. The quantitative estimate of drug-likeness (QED) is 0.183. The summed E-state index contributed by atoms with van der Waals surface area (Å²) >= 11 is 0. The van der Waals surface area contributed by atoms with Crippen LogP contribution in [0.25, 0.3) is 0 Å². The maximum atomic E-state index is 13.3. The molecule has 2 aromatic rings. The minimum Gasteiger partial charge on any atom is -0.494 e. The van der Waals surface area contributed by atoms with E-state index in [2.05, 4.69) is 21.2 Å². The molecule has 270 valence electrons. The number of anilines is 1. The number of piperazine rings is 3. The van der Waals surface area contributed by atoms with Crippen molar-refractivity contribution >= 4 is 23.5 Å². The average Bonchev–Trinajstić information content (AvgIpc) is 3.95. The van der Waals surface area contributed by atoms with Crippen LogP contribution in [0.3, 0.4) is 0 Å². The second kappa shape index (κ2) is 15.0. The van der Waals surface area contributed by atoms with Gasteiger partial charge < -0.3 is 28.9 Å². The van der Waals surface area contributed by atoms with E-state index < -0.39 is 0 Å². The normalized spacial score (nSPS) is 24.5. The number of piperidine rings is 1. The molecule has 5 heterocycles. The van der Waals surface area contributed by atoms with Crippen molar-refractivity contribution in [3.63, 3.8) is 0 Å². The van der Waals surface area contributed by atoms with Gasteiger partial charge in [0.2, 0.25) is 5.91 Å². The van der Waals surface area contributed by atoms with E-state index in [-0.39, 0.29) is 23.2 Å². The molecule has 11 nitrogen and oxygen atoms in total. The predicted molar refractivity (Wildman–Crippen MR) is 191 cm³/mol. The summed E-state index contributed by atoms with van der Waals surface area (Å²) in [5.74, 6) is 0.880. The van der Waals surface area contributed by atoms with E-state index in [9.17, 15) is 14.4 Å². The van der Waals surface area contributed by atoms with Crippen molar-refractivity contribution in [3.8, 4) is 5.75 Å². The SMILES string of the molecule is CCOc1cc(C(=O)OC)c(C2CC2)cc1CN1CCC2(CC1)CC(=O)N(c1ccc(C(=O)NCCOCC[N+]34CCN(CC3)CC4)cc1)C2. The summed E-state index contributed by atoms with van der Waals surface area (Å²) < 4.78 is 18.2. The molecule has 8 rings (SSSR count). The molecule has 5 aliphatic heterocycles. The van der Waals surface area contributed by atoms with E-state index in [1.165, 1.54) is 50.9 Å². The van der Waals surface area contributed by atoms with Gasteiger partial charge in [-0.15, -0.1) is 0 Å². The van der Waals surface area contributed by atoms with Crippen LogP contribution < -0.4 is 15.0 Å². The fourth-order valence-electron chi connectivity index (χ4n) is 8.53. The van der Waals surface area contributed by atoms with Gasteiger partial charge in [0.05, 0.1) is 52.1 Å². The molecule has 1 saturated carbocycles. The summed E-state index contributed by atoms with van der Waals surface area (Å²) in [5.41, 5.74) is 4.18. The van der Waals surface area contributed by atoms with Gasteiger partial charge in [0.15, 0.2) is 0 Å². The van der Waals surface area contributed by atoms with Gasteiger partial charge in [0.1, 0.15) is 12.3 Å². The van der Waals surface area contributed by atoms with Crippen LogP contribution in [0.5, 0.6) is 5.75 Å². The van der Waals surface area contributed by atoms with Gasteiger partial charge in [-0.1, -0.05) is 0 Å². The first-order valence-electron chi connectivity index (χ1n) is 18.7. The number of methoxy groups -OCH3 is 1. The van der Waals surface area contributed by atoms with E-state index in [1.54, 1.807) is 0 Å². The van der Waals surface area contributed by atoms with Crippen LogP contribution in [-0.2, 0) is 20.8 Å². The van der Waals surface area contributed by atoms with Crippen molar-refractivity contribution in [1.82, 2.24) is 15.1 Å². The second-order valence-corrected chi connectivity index (χ2v) is 15.2. The molecule has 2 bridgehead atoms. The Morgan fingerprint density at radius 3 is 2.36 bits per heavy atom. The van der Waals surface area contributed by atoms with Crippen LogP contribution in [0.4, 0.5) is 5.69 Å². The number of likely N-dealkylation sites (tertiary alicyclic amines) is 1. The third-order valence-electron chi connectivity index (χ3n) is 11.9. The van der Waals surface area contributed by atoms with Gasteiger partial charge in [0, 0.05) is 62.5 Å². The van der Waals surface area contributed by atoms with Gasteiger partial charge in [-0.05, 0) is 99.0 Å². The summed E-state index contributed by atoms with van der Waals surface area (Å²) in [5, 5.41) is 2.98. The third kappa shape index (κ3) is 7.71. The summed E-state index contributed by atoms with van der Waals surface area (Å²) in [6.07, 6.45) is 4.62. The van der Waals surface area contributed by atoms with Gasteiger partial charge in [-0.3, -0.25) is 19.4 Å². The number of carbonyl (C=O) groups is 3. The second-order valence-electron chi connectivity index (χ2n) is 15.2. The predicted octanol–water partition coefficient (Wildman–Crippen LogP) is 3.66. The molecule has 6 fully saturated rings. The molecule has 0 radical (unpaired) electrons. The Morgan fingerprint density at radius 2 is 1.70 bits per heavy atom. The molecule has 0 unspecified atom stereocenters. The van der Waals surface area contributed by atoms with Crippen molar-refractivity contribution in [3.05, 3.63) is 58.7 Å². The van der Waals surface area contributed by atoms with Gasteiger partial charge >= 0.3 is 5.97 Å². The molecule has 11 heteroatoms. The van der Waals surface area contributed by atoms with E-state index >= 15 is 0 Å². The Balaban J connectivity index is 0.879. The molecule has 1 aliphatic carbocycles. The maximum Gasteiger partial charge on any atom is 0.338 e. The van der Waals surface area contributed by atoms with Gasteiger partial charge in [0.25, 0.3) is 5.91 Å². The number of benzene rings is 2. The zero-order chi connectivity index (χ0) is 34.7. The van der Waals surface area contributed by atoms with Crippen LogP contribution in [0.1, 0.15) is 76.8 Å². The number of quaternary nitrogens is 1. The zero-order valence-electron chi connectivity index (χ0n) is 29.9. The Bertz CT molecular complexity index is 1530. The molecule has 1 spiro atoms. The third-order valence-corrected chi connectivity index (χ3v) is 11.9. The fraction of sp³-hybridized carbons (Fsp3) is 0.615. The number of amides is 2. The Kier molecular flexibility index (Phi) is 10.5. The van der Waals surface area contributed by atoms with Gasteiger partial charge in [-0.2, -0.15) is 0 Å². The maximum absolute atomic E-state index is 13.3. The van der Waals surface area contributed by atoms with Crippen LogP contribution >= 0.6 is 0 Å². The molecule has 2 amide bonds. The highest BCUT2D eigenvalue weighted by atomic mass is 16.5. The summed E-state index contributed by atoms with van der Waals surface area (Å²) in [6, 6.07) is 11.5. The first-order valence-corrected chi connectivity index (χ1v) is 18.7. The lowest BCUT2D eigenvalue weighted by molar-refractivity contribution is -0.941. The lowest BCUT2D eigenvalue weighted by atomic mass is 9.77. The molecule has 5 saturated heterocycles. The number of ether oxygens (including phenoxy) is 3. The van der Waals surface area contributed by atoms with Crippen LogP contribution in [0.15, 0.2) is 36.4 Å². The molecular weight excluding hydrogens is 634 g/mol. The monoisotopic (exact) mass is 688 g/mol. The number of carbonyl (C=O) groups excluding carboxylic acids is 3. The van der Waals surface area contributed by atoms with Crippen LogP contribution in [0, 0.1) is 5.41 Å². The van der Waals surface area contributed by atoms with E-state index in [1.807, 2.05) is 42.2 Å². The zero-order valence-corrected chi connectivity index (χ0v) is 29.9. The highest BCUT2D eigenvalue weighted by Gasteiger charge is 2.45. The van der Waals surface area contributed by atoms with E-state index in [0.29, 0.717) is 49.8 Å². The first-order chi connectivity index (χ1) is 24.3. The number of nitrogens with one attached hydrogen (secondary N) is 1. The molecular formula is C39H54N5O6+. The Labute approximate surface area is 296 Å². The standard InChI is InChI=1S/C39H53N5O6/c1-3-50-35-25-34(38(47)48-2)33(29-4-5-29)24-31(35)27-42-13-10-39(11-14-42)26-36(45)43(28-39)32-8-6-30(7-9-32)37(46)40-12-22-49-23-21-44-18-15-41(16-19-44)17-20-44/h6-9,24-25,29H,3-5,10-23,26-28H2,1-2H3/p+1. The molecule has 2 aromatic carbocycles. The van der Waals surface area contributed by atoms with Crippen molar-refractivity contribution in [2.45, 2.75) is 51.5 Å². The minimum absolute atomic E-state index is 0.0485. The first kappa shape index (κ1) is 34.9. The minimum atomic E-state index is -0.308. The van der Waals surface area contributed by atoms with Crippen molar-refractivity contribution in [2.24, 2.45) is 5.41 Å². The molecule has 50 heavy (non-hydrogen) atoms. The summed E-state index contributed by atoms with van der Waals surface area (Å²) in [4.78, 5) is 45.6. The Hall–Kier alpha value is -3.51. The smallest absolute Gasteiger partial charge is 0.338 e. The largest absolute Gasteiger partial charge is 0.494 e. The van der Waals surface area contributed by atoms with E-state index in [4.69, 9.17) is 14.2 Å². The van der Waals surface area contributed by atoms with Crippen molar-refractivity contribution in [2.75, 3.05) is 104 Å². The average molecular weight is 689 g/mol. The fourth-order valence-corrected chi connectivity index (χ4v) is 8.53. The number of rotatable bonds is 14. The van der Waals surface area contributed by atoms with Gasteiger partial charge in [-0.25, -0.2) is 4.79 Å². The molecule has 1 N–H and O–H groups in total. The lowest BCUT2D eigenvalue weighted by Crippen LogP contribution is -2.67. The van der Waals surface area contributed by atoms with E-state index in [0.717, 1.165) is 81.0 Å². The summed E-state index contributed by atoms with van der Waals surface area (Å²) in [6.45, 7) is 15.8. The lowest BCUT2D eigenvalue weighted by Gasteiger charge is -2.50. The Morgan fingerprint density at radius 1 is 0.980 bits per heavy atom. The van der Waals surface area contributed by atoms with Crippen molar-refractivity contribution in [1.29, 1.82) is 0 Å². The van der Waals surface area contributed by atoms with Crippen LogP contribution in [0.2, 0.25) is 0 Å². The van der Waals surface area contributed by atoms with Crippen LogP contribution in [-0.4, -0.2) is 131 Å². The molecule has 6 aliphatic rings. The number of nitrogens with zero attached hydrogens (tertiary/aromatic N) is 4. The highest BCUT2D eigenvalue weighted by Crippen LogP contribution is 2.45. The number of hydrogen-bond acceptors (Lipinski definition) is 8.